The lowest BCUT2D eigenvalue weighted by Gasteiger charge is -2.14. The van der Waals surface area contributed by atoms with E-state index in [9.17, 15) is 9.59 Å². The first kappa shape index (κ1) is 21.1. The second-order valence-corrected chi connectivity index (χ2v) is 8.89. The van der Waals surface area contributed by atoms with Crippen LogP contribution >= 0.6 is 23.1 Å². The van der Waals surface area contributed by atoms with Gasteiger partial charge in [0.1, 0.15) is 10.4 Å². The standard InChI is InChI=1S/C23H21N3O3S2/c1-14-7-8-19(15(2)11-14)26-22(28)21-18(9-10-30-21)25-23(26)31-13-20(27)24-16-5-4-6-17(12-16)29-3/h4-12H,13H2,1-3H3,(H,24,27). The minimum Gasteiger partial charge on any atom is -0.497 e. The number of rotatable bonds is 6. The van der Waals surface area contributed by atoms with Gasteiger partial charge in [-0.1, -0.05) is 35.5 Å². The normalized spacial score (nSPS) is 10.9. The number of thioether (sulfide) groups is 1. The predicted octanol–water partition coefficient (Wildman–Crippen LogP) is 4.80. The highest BCUT2D eigenvalue weighted by Gasteiger charge is 2.17. The number of carbonyl (C=O) groups is 1. The first-order chi connectivity index (χ1) is 15.0. The molecule has 0 spiro atoms. The Kier molecular flexibility index (Phi) is 6.11. The molecule has 0 saturated carbocycles. The molecule has 0 saturated heterocycles. The van der Waals surface area contributed by atoms with E-state index in [0.717, 1.165) is 16.8 Å². The summed E-state index contributed by atoms with van der Waals surface area (Å²) >= 11 is 2.61. The van der Waals surface area contributed by atoms with Gasteiger partial charge in [-0.25, -0.2) is 4.98 Å². The molecule has 0 aliphatic heterocycles. The van der Waals surface area contributed by atoms with Crippen LogP contribution in [0.25, 0.3) is 15.9 Å². The van der Waals surface area contributed by atoms with Crippen molar-refractivity contribution in [1.82, 2.24) is 9.55 Å². The maximum atomic E-state index is 13.3. The molecular formula is C23H21N3O3S2. The Labute approximate surface area is 187 Å². The summed E-state index contributed by atoms with van der Waals surface area (Å²) in [6.45, 7) is 3.98. The predicted molar refractivity (Wildman–Crippen MR) is 127 cm³/mol. The van der Waals surface area contributed by atoms with Crippen LogP contribution in [0.3, 0.4) is 0 Å². The first-order valence-corrected chi connectivity index (χ1v) is 11.5. The fraction of sp³-hybridized carbons (Fsp3) is 0.174. The number of amides is 1. The van der Waals surface area contributed by atoms with E-state index in [1.165, 1.54) is 23.1 Å². The Morgan fingerprint density at radius 3 is 2.81 bits per heavy atom. The lowest BCUT2D eigenvalue weighted by atomic mass is 10.1. The second-order valence-electron chi connectivity index (χ2n) is 7.03. The number of carbonyl (C=O) groups excluding carboxylic acids is 1. The SMILES string of the molecule is COc1cccc(NC(=O)CSc2nc3ccsc3c(=O)n2-c2ccc(C)cc2C)c1. The summed E-state index contributed by atoms with van der Waals surface area (Å²) in [6.07, 6.45) is 0. The number of fused-ring (bicyclic) bond motifs is 1. The van der Waals surface area contributed by atoms with Crippen LogP contribution in [-0.2, 0) is 4.79 Å². The number of thiophene rings is 1. The molecule has 2 aromatic heterocycles. The van der Waals surface area contributed by atoms with Crippen molar-refractivity contribution in [1.29, 1.82) is 0 Å². The van der Waals surface area contributed by atoms with Crippen molar-refractivity contribution in [3.63, 3.8) is 0 Å². The van der Waals surface area contributed by atoms with E-state index in [1.807, 2.05) is 55.6 Å². The third-order valence-electron chi connectivity index (χ3n) is 4.73. The third kappa shape index (κ3) is 4.50. The summed E-state index contributed by atoms with van der Waals surface area (Å²) in [5, 5.41) is 5.20. The summed E-state index contributed by atoms with van der Waals surface area (Å²) in [5.41, 5.74) is 4.04. The molecule has 0 unspecified atom stereocenters. The minimum atomic E-state index is -0.190. The number of anilines is 1. The molecule has 0 aliphatic rings. The van der Waals surface area contributed by atoms with E-state index in [0.29, 0.717) is 26.8 Å². The zero-order valence-corrected chi connectivity index (χ0v) is 19.0. The van der Waals surface area contributed by atoms with Gasteiger partial charge < -0.3 is 10.1 Å². The number of aryl methyl sites for hydroxylation is 2. The smallest absolute Gasteiger partial charge is 0.276 e. The van der Waals surface area contributed by atoms with E-state index in [4.69, 9.17) is 4.74 Å². The number of nitrogens with zero attached hydrogens (tertiary/aromatic N) is 2. The van der Waals surface area contributed by atoms with Gasteiger partial charge in [0.25, 0.3) is 5.56 Å². The van der Waals surface area contributed by atoms with E-state index >= 15 is 0 Å². The van der Waals surface area contributed by atoms with Crippen LogP contribution in [0.15, 0.2) is 63.9 Å². The van der Waals surface area contributed by atoms with E-state index in [-0.39, 0.29) is 17.2 Å². The highest BCUT2D eigenvalue weighted by molar-refractivity contribution is 7.99. The van der Waals surface area contributed by atoms with Crippen molar-refractivity contribution >= 4 is 44.9 Å². The monoisotopic (exact) mass is 451 g/mol. The molecule has 0 atom stereocenters. The Morgan fingerprint density at radius 2 is 2.03 bits per heavy atom. The van der Waals surface area contributed by atoms with Crippen LogP contribution in [0.1, 0.15) is 11.1 Å². The quantitative estimate of drug-likeness (QED) is 0.337. The van der Waals surface area contributed by atoms with Crippen LogP contribution in [0.5, 0.6) is 5.75 Å². The van der Waals surface area contributed by atoms with E-state index in [1.54, 1.807) is 23.8 Å². The average Bonchev–Trinajstić information content (AvgIpc) is 3.22. The van der Waals surface area contributed by atoms with Crippen LogP contribution in [0, 0.1) is 13.8 Å². The lowest BCUT2D eigenvalue weighted by Crippen LogP contribution is -2.23. The van der Waals surface area contributed by atoms with Gasteiger partial charge in [-0.3, -0.25) is 14.2 Å². The minimum absolute atomic E-state index is 0.115. The molecule has 0 aliphatic carbocycles. The molecule has 8 heteroatoms. The summed E-state index contributed by atoms with van der Waals surface area (Å²) in [5.74, 6) is 0.591. The maximum absolute atomic E-state index is 13.3. The molecule has 2 aromatic carbocycles. The number of hydrogen-bond acceptors (Lipinski definition) is 6. The topological polar surface area (TPSA) is 73.2 Å². The fourth-order valence-corrected chi connectivity index (χ4v) is 4.85. The van der Waals surface area contributed by atoms with Crippen LogP contribution in [0.4, 0.5) is 5.69 Å². The number of aromatic nitrogens is 2. The Balaban J connectivity index is 1.65. The molecule has 31 heavy (non-hydrogen) atoms. The van der Waals surface area contributed by atoms with Gasteiger partial charge in [0.2, 0.25) is 5.91 Å². The number of benzene rings is 2. The van der Waals surface area contributed by atoms with Crippen molar-refractivity contribution in [3.05, 3.63) is 75.4 Å². The Hall–Kier alpha value is -3.10. The zero-order chi connectivity index (χ0) is 22.0. The Bertz CT molecular complexity index is 1330. The number of ether oxygens (including phenoxy) is 1. The number of hydrogen-bond donors (Lipinski definition) is 1. The fourth-order valence-electron chi connectivity index (χ4n) is 3.29. The maximum Gasteiger partial charge on any atom is 0.276 e. The van der Waals surface area contributed by atoms with Crippen molar-refractivity contribution in [2.75, 3.05) is 18.2 Å². The van der Waals surface area contributed by atoms with Crippen LogP contribution < -0.4 is 15.6 Å². The highest BCUT2D eigenvalue weighted by atomic mass is 32.2. The number of nitrogens with one attached hydrogen (secondary N) is 1. The molecule has 2 heterocycles. The summed E-state index contributed by atoms with van der Waals surface area (Å²) < 4.78 is 7.40. The number of methoxy groups -OCH3 is 1. The van der Waals surface area contributed by atoms with E-state index < -0.39 is 0 Å². The van der Waals surface area contributed by atoms with Crippen LogP contribution in [-0.4, -0.2) is 28.3 Å². The molecule has 6 nitrogen and oxygen atoms in total. The summed E-state index contributed by atoms with van der Waals surface area (Å²) in [7, 11) is 1.58. The van der Waals surface area contributed by atoms with Gasteiger partial charge in [0, 0.05) is 11.8 Å². The molecule has 1 amide bonds. The second kappa shape index (κ2) is 8.95. The van der Waals surface area contributed by atoms with Crippen molar-refractivity contribution in [3.8, 4) is 11.4 Å². The first-order valence-electron chi connectivity index (χ1n) is 9.61. The molecule has 0 bridgehead atoms. The van der Waals surface area contributed by atoms with Gasteiger partial charge in [0.15, 0.2) is 5.16 Å². The largest absolute Gasteiger partial charge is 0.497 e. The summed E-state index contributed by atoms with van der Waals surface area (Å²) in [4.78, 5) is 30.5. The molecule has 0 fully saturated rings. The van der Waals surface area contributed by atoms with Crippen LogP contribution in [0.2, 0.25) is 0 Å². The Morgan fingerprint density at radius 1 is 1.19 bits per heavy atom. The van der Waals surface area contributed by atoms with E-state index in [2.05, 4.69) is 10.3 Å². The molecule has 0 radical (unpaired) electrons. The highest BCUT2D eigenvalue weighted by Crippen LogP contribution is 2.26. The van der Waals surface area contributed by atoms with Gasteiger partial charge in [-0.05, 0) is 49.1 Å². The average molecular weight is 452 g/mol. The van der Waals surface area contributed by atoms with Gasteiger partial charge in [-0.15, -0.1) is 11.3 Å². The van der Waals surface area contributed by atoms with Crippen molar-refractivity contribution in [2.45, 2.75) is 19.0 Å². The third-order valence-corrected chi connectivity index (χ3v) is 6.56. The van der Waals surface area contributed by atoms with Crippen molar-refractivity contribution in [2.24, 2.45) is 0 Å². The van der Waals surface area contributed by atoms with Crippen molar-refractivity contribution < 1.29 is 9.53 Å². The molecule has 1 N–H and O–H groups in total. The molecule has 4 rings (SSSR count). The zero-order valence-electron chi connectivity index (χ0n) is 17.3. The molecule has 4 aromatic rings. The lowest BCUT2D eigenvalue weighted by molar-refractivity contribution is -0.113. The van der Waals surface area contributed by atoms with Gasteiger partial charge >= 0.3 is 0 Å². The molecular weight excluding hydrogens is 430 g/mol. The molecule has 158 valence electrons. The van der Waals surface area contributed by atoms with Gasteiger partial charge in [-0.2, -0.15) is 0 Å². The van der Waals surface area contributed by atoms with Gasteiger partial charge in [0.05, 0.1) is 24.1 Å². The summed E-state index contributed by atoms with van der Waals surface area (Å²) in [6, 6.07) is 14.9.